The van der Waals surface area contributed by atoms with Crippen molar-refractivity contribution < 1.29 is 56.6 Å². The summed E-state index contributed by atoms with van der Waals surface area (Å²) in [5, 5.41) is 76.2. The van der Waals surface area contributed by atoms with E-state index in [1.54, 1.807) is 12.1 Å². The van der Waals surface area contributed by atoms with E-state index in [2.05, 4.69) is 30.4 Å². The Morgan fingerprint density at radius 3 is 1.22 bits per heavy atom. The van der Waals surface area contributed by atoms with E-state index in [9.17, 15) is 56.6 Å². The average molecular weight is 851 g/mol. The molecule has 6 aromatic carbocycles. The van der Waals surface area contributed by atoms with Crippen LogP contribution in [0.4, 0.5) is 34.1 Å². The molecule has 0 spiro atoms. The summed E-state index contributed by atoms with van der Waals surface area (Å²) in [6, 6.07) is 26.3. The Hall–Kier alpha value is -7.78. The number of aromatic hydroxyl groups is 4. The van der Waals surface area contributed by atoms with Crippen molar-refractivity contribution in [3.63, 3.8) is 0 Å². The van der Waals surface area contributed by atoms with E-state index in [1.807, 2.05) is 0 Å². The number of aliphatic hydroxyl groups is 2. The van der Waals surface area contributed by atoms with Crippen LogP contribution < -0.4 is 0 Å². The second-order valence-electron chi connectivity index (χ2n) is 12.4. The van der Waals surface area contributed by atoms with Gasteiger partial charge in [0, 0.05) is 23.3 Å². The highest BCUT2D eigenvalue weighted by atomic mass is 32.2. The molecule has 0 unspecified atom stereocenters. The van der Waals surface area contributed by atoms with Gasteiger partial charge < -0.3 is 30.6 Å². The number of phenolic OH excluding ortho intramolecular Hbond substituents is 4. The maximum Gasteiger partial charge on any atom is 0.295 e. The standard InChI is InChI=1S/C40H30N6O12S2/c47-31-13-15-33(35(49)21-31)45-43-29-5-1-3-25(17-29)39(51)41-27-11-9-23(37(19-27)59(53,54)55)7-8-24-10-12-28(20-38(24)60(56,57)58)42-40(52)26-4-2-6-30(18-26)44-46-34-16-14-32(48)22-36(34)50/h1-22,47-50H,(H,41,51)(H,42,52)(H,53,54,55)(H,56,57,58)/b8-7+,45-43?,46-44?. The first-order valence-corrected chi connectivity index (χ1v) is 19.9. The van der Waals surface area contributed by atoms with Crippen LogP contribution in [0.3, 0.4) is 0 Å². The maximum atomic E-state index is 12.4. The van der Waals surface area contributed by atoms with Crippen LogP contribution in [0, 0.1) is 0 Å². The Morgan fingerprint density at radius 2 is 0.850 bits per heavy atom. The lowest BCUT2D eigenvalue weighted by Crippen LogP contribution is -2.02. The van der Waals surface area contributed by atoms with Gasteiger partial charge in [-0.05, 0) is 96.1 Å². The third kappa shape index (κ3) is 10.6. The van der Waals surface area contributed by atoms with Crippen LogP contribution >= 0.6 is 0 Å². The predicted octanol–water partition coefficient (Wildman–Crippen LogP) is 9.28. The molecule has 0 aliphatic heterocycles. The maximum absolute atomic E-state index is 12.4. The van der Waals surface area contributed by atoms with Crippen LogP contribution in [0.1, 0.15) is 22.3 Å². The number of aliphatic hydroxyl groups excluding tert-OH is 2. The molecule has 0 saturated heterocycles. The Labute approximate surface area is 340 Å². The van der Waals surface area contributed by atoms with E-state index in [0.29, 0.717) is 0 Å². The summed E-state index contributed by atoms with van der Waals surface area (Å²) < 4.78 is 69.9. The fourth-order valence-corrected chi connectivity index (χ4v) is 6.70. The normalized spacial score (nSPS) is 12.8. The van der Waals surface area contributed by atoms with Crippen LogP contribution in [0.15, 0.2) is 162 Å². The van der Waals surface area contributed by atoms with Crippen molar-refractivity contribution in [1.82, 2.24) is 0 Å². The predicted molar refractivity (Wildman–Crippen MR) is 220 cm³/mol. The number of phenols is 4. The number of hydrogen-bond donors (Lipinski definition) is 8. The van der Waals surface area contributed by atoms with Crippen LogP contribution in [-0.4, -0.2) is 68.4 Å². The molecule has 0 atom stereocenters. The molecule has 0 aliphatic carbocycles. The summed E-state index contributed by atoms with van der Waals surface area (Å²) in [7, 11) is -9.86. The molecule has 0 bridgehead atoms. The SMILES string of the molecule is O=S(=O)(O)c1cc(N=C(O)c2cccc(N=Nc3ccc(O)cc3O)c2)ccc1/C=C/c1ccc(N=C(O)c2cccc(N=Nc3ccc(O)cc3O)c2)cc1S(=O)(=O)O. The minimum atomic E-state index is -4.93. The minimum Gasteiger partial charge on any atom is -0.508 e. The molecule has 0 fully saturated rings. The zero-order valence-corrected chi connectivity index (χ0v) is 32.0. The third-order valence-corrected chi connectivity index (χ3v) is 9.95. The minimum absolute atomic E-state index is 0.0655. The molecule has 18 nitrogen and oxygen atoms in total. The Morgan fingerprint density at radius 1 is 0.450 bits per heavy atom. The zero-order valence-electron chi connectivity index (χ0n) is 30.4. The van der Waals surface area contributed by atoms with E-state index >= 15 is 0 Å². The van der Waals surface area contributed by atoms with Gasteiger partial charge in [-0.25, -0.2) is 9.98 Å². The summed E-state index contributed by atoms with van der Waals surface area (Å²) in [6.07, 6.45) is 2.30. The summed E-state index contributed by atoms with van der Waals surface area (Å²) in [4.78, 5) is 6.76. The quantitative estimate of drug-likeness (QED) is 0.0188. The highest BCUT2D eigenvalue weighted by molar-refractivity contribution is 7.86. The van der Waals surface area contributed by atoms with E-state index in [1.165, 1.54) is 84.9 Å². The van der Waals surface area contributed by atoms with Gasteiger partial charge in [0.1, 0.15) is 44.2 Å². The monoisotopic (exact) mass is 850 g/mol. The van der Waals surface area contributed by atoms with Gasteiger partial charge in [-0.2, -0.15) is 27.1 Å². The van der Waals surface area contributed by atoms with Crippen LogP contribution in [0.2, 0.25) is 0 Å². The fourth-order valence-electron chi connectivity index (χ4n) is 5.29. The van der Waals surface area contributed by atoms with Gasteiger partial charge in [0.25, 0.3) is 20.2 Å². The van der Waals surface area contributed by atoms with E-state index in [0.717, 1.165) is 36.4 Å². The van der Waals surface area contributed by atoms with Gasteiger partial charge in [-0.1, -0.05) is 36.4 Å². The molecule has 0 aromatic heterocycles. The summed E-state index contributed by atoms with van der Waals surface area (Å²) in [6.45, 7) is 0. The second kappa shape index (κ2) is 17.4. The smallest absolute Gasteiger partial charge is 0.295 e. The number of nitrogens with zero attached hydrogens (tertiary/aromatic N) is 6. The number of benzene rings is 6. The first kappa shape index (κ1) is 41.8. The van der Waals surface area contributed by atoms with Gasteiger partial charge in [0.2, 0.25) is 11.8 Å². The molecule has 0 saturated carbocycles. The third-order valence-electron chi connectivity index (χ3n) is 8.14. The molecule has 0 amide bonds. The summed E-state index contributed by atoms with van der Waals surface area (Å²) in [5.74, 6) is -2.11. The molecule has 20 heteroatoms. The molecule has 0 radical (unpaired) electrons. The molecular weight excluding hydrogens is 821 g/mol. The Balaban J connectivity index is 1.24. The molecular formula is C40H30N6O12S2. The topological polar surface area (TPSA) is 304 Å². The van der Waals surface area contributed by atoms with Crippen molar-refractivity contribution in [3.8, 4) is 23.0 Å². The van der Waals surface area contributed by atoms with Gasteiger partial charge in [-0.3, -0.25) is 9.11 Å². The molecule has 60 heavy (non-hydrogen) atoms. The molecule has 304 valence electrons. The van der Waals surface area contributed by atoms with Gasteiger partial charge >= 0.3 is 0 Å². The van der Waals surface area contributed by atoms with Gasteiger partial charge in [0.15, 0.2) is 0 Å². The van der Waals surface area contributed by atoms with E-state index < -0.39 is 41.8 Å². The first-order valence-electron chi connectivity index (χ1n) is 17.0. The van der Waals surface area contributed by atoms with Crippen molar-refractivity contribution in [3.05, 3.63) is 144 Å². The number of azo groups is 2. The van der Waals surface area contributed by atoms with Crippen molar-refractivity contribution in [2.24, 2.45) is 30.4 Å². The fraction of sp³-hybridized carbons (Fsp3) is 0. The molecule has 6 rings (SSSR count). The van der Waals surface area contributed by atoms with Crippen molar-refractivity contribution in [1.29, 1.82) is 0 Å². The van der Waals surface area contributed by atoms with Crippen molar-refractivity contribution in [2.75, 3.05) is 0 Å². The number of hydrogen-bond acceptors (Lipinski definition) is 14. The lowest BCUT2D eigenvalue weighted by Gasteiger charge is -2.08. The Kier molecular flexibility index (Phi) is 12.1. The van der Waals surface area contributed by atoms with Gasteiger partial charge in [-0.15, -0.1) is 10.2 Å². The molecule has 0 aliphatic rings. The largest absolute Gasteiger partial charge is 0.508 e. The average Bonchev–Trinajstić information content (AvgIpc) is 3.19. The van der Waals surface area contributed by atoms with Crippen LogP contribution in [-0.2, 0) is 20.2 Å². The first-order chi connectivity index (χ1) is 28.4. The molecule has 8 N–H and O–H groups in total. The van der Waals surface area contributed by atoms with Crippen LogP contribution in [0.25, 0.3) is 12.2 Å². The number of rotatable bonds is 12. The Bertz CT molecular complexity index is 2820. The van der Waals surface area contributed by atoms with Crippen molar-refractivity contribution in [2.45, 2.75) is 9.79 Å². The second-order valence-corrected chi connectivity index (χ2v) is 15.2. The summed E-state index contributed by atoms with van der Waals surface area (Å²) >= 11 is 0. The number of aliphatic imine (C=N–C) groups is 2. The van der Waals surface area contributed by atoms with Crippen LogP contribution in [0.5, 0.6) is 23.0 Å². The van der Waals surface area contributed by atoms with E-state index in [-0.39, 0.29) is 79.4 Å². The highest BCUT2D eigenvalue weighted by Gasteiger charge is 2.18. The van der Waals surface area contributed by atoms with E-state index in [4.69, 9.17) is 0 Å². The lowest BCUT2D eigenvalue weighted by atomic mass is 10.1. The summed E-state index contributed by atoms with van der Waals surface area (Å²) in [5.41, 5.74) is 0.413. The van der Waals surface area contributed by atoms with Crippen molar-refractivity contribution >= 4 is 78.3 Å². The zero-order chi connectivity index (χ0) is 43.2. The van der Waals surface area contributed by atoms with Gasteiger partial charge in [0.05, 0.1) is 22.7 Å². The lowest BCUT2D eigenvalue weighted by molar-refractivity contribution is 0.450. The highest BCUT2D eigenvalue weighted by Crippen LogP contribution is 2.33. The molecule has 6 aromatic rings. The molecule has 0 heterocycles.